The molecule has 20 heavy (non-hydrogen) atoms. The van der Waals surface area contributed by atoms with Crippen molar-refractivity contribution in [2.45, 2.75) is 37.1 Å². The molecule has 1 heterocycles. The Balaban J connectivity index is 2.30. The molecule has 0 aromatic carbocycles. The predicted molar refractivity (Wildman–Crippen MR) is 73.0 cm³/mol. The van der Waals surface area contributed by atoms with Crippen LogP contribution in [0.2, 0.25) is 5.15 Å². The molecule has 2 N–H and O–H groups in total. The van der Waals surface area contributed by atoms with Crippen molar-refractivity contribution in [2.24, 2.45) is 5.41 Å². The van der Waals surface area contributed by atoms with E-state index >= 15 is 0 Å². The summed E-state index contributed by atoms with van der Waals surface area (Å²) in [7, 11) is -3.89. The molecular weight excluding hydrogens is 304 g/mol. The maximum atomic E-state index is 12.3. The number of sulfonamides is 1. The Bertz CT molecular complexity index is 634. The van der Waals surface area contributed by atoms with Crippen molar-refractivity contribution in [3.8, 4) is 0 Å². The van der Waals surface area contributed by atoms with E-state index in [9.17, 15) is 18.3 Å². The lowest BCUT2D eigenvalue weighted by Gasteiger charge is -2.27. The highest BCUT2D eigenvalue weighted by molar-refractivity contribution is 7.89. The van der Waals surface area contributed by atoms with Crippen LogP contribution in [0.4, 0.5) is 0 Å². The molecular formula is C12H15ClN2O4S. The molecule has 0 saturated heterocycles. The number of nitrogens with zero attached hydrogens (tertiary/aromatic N) is 1. The number of hydrogen-bond donors (Lipinski definition) is 2. The number of carboxylic acids is 1. The Morgan fingerprint density at radius 2 is 2.30 bits per heavy atom. The molecule has 1 aliphatic carbocycles. The largest absolute Gasteiger partial charge is 0.481 e. The predicted octanol–water partition coefficient (Wildman–Crippen LogP) is 1.66. The van der Waals surface area contributed by atoms with Crippen molar-refractivity contribution in [3.63, 3.8) is 0 Å². The van der Waals surface area contributed by atoms with Crippen LogP contribution in [0.1, 0.15) is 26.2 Å². The smallest absolute Gasteiger partial charge is 0.310 e. The van der Waals surface area contributed by atoms with E-state index in [1.807, 2.05) is 0 Å². The Hall–Kier alpha value is -1.18. The maximum Gasteiger partial charge on any atom is 0.310 e. The Labute approximate surface area is 122 Å². The fourth-order valence-electron chi connectivity index (χ4n) is 2.43. The zero-order valence-corrected chi connectivity index (χ0v) is 12.4. The summed E-state index contributed by atoms with van der Waals surface area (Å²) in [4.78, 5) is 14.9. The highest BCUT2D eigenvalue weighted by Crippen LogP contribution is 2.39. The third kappa shape index (κ3) is 2.65. The second-order valence-electron chi connectivity index (χ2n) is 5.08. The van der Waals surface area contributed by atoms with E-state index in [0.717, 1.165) is 0 Å². The molecule has 0 aliphatic heterocycles. The van der Waals surface area contributed by atoms with Crippen LogP contribution >= 0.6 is 11.6 Å². The Morgan fingerprint density at radius 3 is 2.90 bits per heavy atom. The van der Waals surface area contributed by atoms with Gasteiger partial charge in [0.1, 0.15) is 10.0 Å². The monoisotopic (exact) mass is 318 g/mol. The molecule has 2 atom stereocenters. The van der Waals surface area contributed by atoms with Crippen molar-refractivity contribution in [1.82, 2.24) is 9.71 Å². The standard InChI is InChI=1S/C12H15ClN2O4S/c1-12(11(16)17)6-2-5-9(12)15-20(18,19)8-4-3-7-14-10(8)13/h3-4,7,9,15H,2,5-6H2,1H3,(H,16,17). The zero-order chi connectivity index (χ0) is 15.0. The first-order valence-corrected chi connectivity index (χ1v) is 8.00. The summed E-state index contributed by atoms with van der Waals surface area (Å²) in [5.74, 6) is -1.00. The van der Waals surface area contributed by atoms with Crippen molar-refractivity contribution in [1.29, 1.82) is 0 Å². The van der Waals surface area contributed by atoms with Gasteiger partial charge < -0.3 is 5.11 Å². The number of carboxylic acid groups (broad SMARTS) is 1. The van der Waals surface area contributed by atoms with Gasteiger partial charge in [0.05, 0.1) is 5.41 Å². The van der Waals surface area contributed by atoms with Crippen molar-refractivity contribution in [3.05, 3.63) is 23.5 Å². The first-order valence-electron chi connectivity index (χ1n) is 6.13. The number of aromatic nitrogens is 1. The van der Waals surface area contributed by atoms with E-state index in [2.05, 4.69) is 9.71 Å². The van der Waals surface area contributed by atoms with Gasteiger partial charge in [0, 0.05) is 12.2 Å². The SMILES string of the molecule is CC1(C(=O)O)CCCC1NS(=O)(=O)c1cccnc1Cl. The molecule has 1 aromatic heterocycles. The van der Waals surface area contributed by atoms with E-state index in [0.29, 0.717) is 19.3 Å². The third-order valence-electron chi connectivity index (χ3n) is 3.76. The van der Waals surface area contributed by atoms with Crippen LogP contribution < -0.4 is 4.72 Å². The van der Waals surface area contributed by atoms with Gasteiger partial charge in [-0.1, -0.05) is 18.0 Å². The Morgan fingerprint density at radius 1 is 1.60 bits per heavy atom. The third-order valence-corrected chi connectivity index (χ3v) is 5.67. The van der Waals surface area contributed by atoms with E-state index in [-0.39, 0.29) is 10.0 Å². The number of aliphatic carboxylic acids is 1. The van der Waals surface area contributed by atoms with Gasteiger partial charge in [0.15, 0.2) is 0 Å². The molecule has 1 saturated carbocycles. The van der Waals surface area contributed by atoms with Gasteiger partial charge in [-0.25, -0.2) is 18.1 Å². The van der Waals surface area contributed by atoms with Gasteiger partial charge >= 0.3 is 5.97 Å². The molecule has 2 rings (SSSR count). The second-order valence-corrected chi connectivity index (χ2v) is 7.12. The van der Waals surface area contributed by atoms with Crippen molar-refractivity contribution in [2.75, 3.05) is 0 Å². The lowest BCUT2D eigenvalue weighted by molar-refractivity contribution is -0.148. The van der Waals surface area contributed by atoms with Crippen molar-refractivity contribution >= 4 is 27.6 Å². The number of pyridine rings is 1. The van der Waals surface area contributed by atoms with E-state index in [4.69, 9.17) is 11.6 Å². The fourth-order valence-corrected chi connectivity index (χ4v) is 4.27. The fraction of sp³-hybridized carbons (Fsp3) is 0.500. The minimum Gasteiger partial charge on any atom is -0.481 e. The Kier molecular flexibility index (Phi) is 4.04. The summed E-state index contributed by atoms with van der Waals surface area (Å²) >= 11 is 5.78. The molecule has 110 valence electrons. The summed E-state index contributed by atoms with van der Waals surface area (Å²) in [6, 6.07) is 2.15. The highest BCUT2D eigenvalue weighted by Gasteiger charge is 2.47. The molecule has 1 aliphatic rings. The summed E-state index contributed by atoms with van der Waals surface area (Å²) < 4.78 is 27.0. The van der Waals surface area contributed by atoms with Crippen molar-refractivity contribution < 1.29 is 18.3 Å². The lowest BCUT2D eigenvalue weighted by Crippen LogP contribution is -2.47. The molecule has 0 bridgehead atoms. The molecule has 1 aromatic rings. The van der Waals surface area contributed by atoms with Crippen LogP contribution in [0.15, 0.2) is 23.2 Å². The zero-order valence-electron chi connectivity index (χ0n) is 10.8. The summed E-state index contributed by atoms with van der Waals surface area (Å²) in [6.07, 6.45) is 2.98. The van der Waals surface area contributed by atoms with Gasteiger partial charge in [-0.2, -0.15) is 0 Å². The summed E-state index contributed by atoms with van der Waals surface area (Å²) in [6.45, 7) is 1.56. The average molecular weight is 319 g/mol. The highest BCUT2D eigenvalue weighted by atomic mass is 35.5. The van der Waals surface area contributed by atoms with Crippen LogP contribution in [-0.2, 0) is 14.8 Å². The molecule has 6 nitrogen and oxygen atoms in total. The van der Waals surface area contributed by atoms with Gasteiger partial charge in [-0.15, -0.1) is 0 Å². The van der Waals surface area contributed by atoms with Crippen LogP contribution in [0.25, 0.3) is 0 Å². The van der Waals surface area contributed by atoms with E-state index in [1.54, 1.807) is 6.92 Å². The van der Waals surface area contributed by atoms with Gasteiger partial charge in [-0.3, -0.25) is 4.79 Å². The molecule has 0 radical (unpaired) electrons. The first-order chi connectivity index (χ1) is 9.27. The quantitative estimate of drug-likeness (QED) is 0.823. The maximum absolute atomic E-state index is 12.3. The molecule has 2 unspecified atom stereocenters. The van der Waals surface area contributed by atoms with Crippen LogP contribution in [0.5, 0.6) is 0 Å². The van der Waals surface area contributed by atoms with E-state index < -0.39 is 27.4 Å². The summed E-state index contributed by atoms with van der Waals surface area (Å²) in [5, 5.41) is 9.16. The molecule has 0 amide bonds. The van der Waals surface area contributed by atoms with Crippen LogP contribution in [0.3, 0.4) is 0 Å². The number of hydrogen-bond acceptors (Lipinski definition) is 4. The van der Waals surface area contributed by atoms with E-state index in [1.165, 1.54) is 18.3 Å². The number of halogens is 1. The summed E-state index contributed by atoms with van der Waals surface area (Å²) in [5.41, 5.74) is -1.10. The first kappa shape index (κ1) is 15.2. The molecule has 8 heteroatoms. The second kappa shape index (κ2) is 5.31. The average Bonchev–Trinajstić information content (AvgIpc) is 2.72. The number of nitrogens with one attached hydrogen (secondary N) is 1. The minimum absolute atomic E-state index is 0.130. The topological polar surface area (TPSA) is 96.4 Å². The van der Waals surface area contributed by atoms with Crippen LogP contribution in [0, 0.1) is 5.41 Å². The number of carbonyl (C=O) groups is 1. The van der Waals surface area contributed by atoms with Crippen LogP contribution in [-0.4, -0.2) is 30.5 Å². The van der Waals surface area contributed by atoms with Gasteiger partial charge in [0.25, 0.3) is 0 Å². The molecule has 1 fully saturated rings. The minimum atomic E-state index is -3.89. The van der Waals surface area contributed by atoms with Gasteiger partial charge in [-0.05, 0) is 31.9 Å². The normalized spacial score (nSPS) is 26.6. The molecule has 0 spiro atoms. The van der Waals surface area contributed by atoms with Gasteiger partial charge in [0.2, 0.25) is 10.0 Å². The lowest BCUT2D eigenvalue weighted by atomic mass is 9.85. The number of rotatable bonds is 4.